The van der Waals surface area contributed by atoms with Crippen molar-refractivity contribution in [2.24, 2.45) is 4.99 Å². The van der Waals surface area contributed by atoms with Gasteiger partial charge in [0.2, 0.25) is 0 Å². The monoisotopic (exact) mass is 334 g/mol. The molecule has 2 aromatic rings. The Kier molecular flexibility index (Phi) is 3.18. The van der Waals surface area contributed by atoms with Gasteiger partial charge in [0.15, 0.2) is 0 Å². The van der Waals surface area contributed by atoms with Crippen molar-refractivity contribution in [1.29, 1.82) is 0 Å². The maximum absolute atomic E-state index is 13.0. The highest BCUT2D eigenvalue weighted by Gasteiger charge is 2.44. The molecule has 1 saturated carbocycles. The molecule has 25 heavy (non-hydrogen) atoms. The summed E-state index contributed by atoms with van der Waals surface area (Å²) in [5.74, 6) is 1.49. The number of para-hydroxylation sites is 1. The smallest absolute Gasteiger partial charge is 0.257 e. The summed E-state index contributed by atoms with van der Waals surface area (Å²) in [6.45, 7) is 3.68. The normalized spacial score (nSPS) is 21.3. The van der Waals surface area contributed by atoms with Gasteiger partial charge in [0.25, 0.3) is 5.91 Å². The van der Waals surface area contributed by atoms with Gasteiger partial charge in [0, 0.05) is 30.1 Å². The molecule has 0 unspecified atom stereocenters. The molecule has 1 aromatic carbocycles. The Labute approximate surface area is 147 Å². The lowest BCUT2D eigenvalue weighted by atomic mass is 9.71. The topological polar surface area (TPSA) is 45.8 Å². The van der Waals surface area contributed by atoms with Gasteiger partial charge in [-0.3, -0.25) is 9.79 Å². The number of benzene rings is 1. The van der Waals surface area contributed by atoms with Crippen LogP contribution in [0.4, 0.5) is 5.69 Å². The lowest BCUT2D eigenvalue weighted by molar-refractivity contribution is 0.0695. The summed E-state index contributed by atoms with van der Waals surface area (Å²) in [4.78, 5) is 19.8. The van der Waals surface area contributed by atoms with Crippen molar-refractivity contribution < 1.29 is 9.21 Å². The summed E-state index contributed by atoms with van der Waals surface area (Å²) in [6.07, 6.45) is 5.84. The Morgan fingerprint density at radius 2 is 1.96 bits per heavy atom. The molecule has 1 aliphatic carbocycles. The molecule has 0 bridgehead atoms. The number of nitrogens with zero attached hydrogens (tertiary/aromatic N) is 2. The first-order valence-electron chi connectivity index (χ1n) is 9.21. The van der Waals surface area contributed by atoms with Crippen LogP contribution in [0.1, 0.15) is 60.2 Å². The zero-order valence-corrected chi connectivity index (χ0v) is 14.5. The van der Waals surface area contributed by atoms with Crippen LogP contribution in [0, 0.1) is 0 Å². The van der Waals surface area contributed by atoms with Crippen LogP contribution >= 0.6 is 0 Å². The number of fused-ring (bicyclic) bond motifs is 2. The van der Waals surface area contributed by atoms with E-state index in [1.165, 1.54) is 11.3 Å². The van der Waals surface area contributed by atoms with Gasteiger partial charge in [-0.15, -0.1) is 0 Å². The molecule has 2 fully saturated rings. The van der Waals surface area contributed by atoms with Crippen molar-refractivity contribution in [3.8, 4) is 0 Å². The molecule has 128 valence electrons. The van der Waals surface area contributed by atoms with E-state index in [9.17, 15) is 4.79 Å². The second-order valence-electron chi connectivity index (χ2n) is 7.56. The number of amides is 1. The van der Waals surface area contributed by atoms with E-state index in [4.69, 9.17) is 9.41 Å². The fourth-order valence-electron chi connectivity index (χ4n) is 4.51. The molecule has 1 saturated heterocycles. The number of piperidine rings is 1. The second kappa shape index (κ2) is 5.32. The highest BCUT2D eigenvalue weighted by Crippen LogP contribution is 2.47. The number of hydrogen-bond donors (Lipinski definition) is 0. The lowest BCUT2D eigenvalue weighted by Crippen LogP contribution is -2.47. The summed E-state index contributed by atoms with van der Waals surface area (Å²) >= 11 is 0. The molecule has 2 aliphatic heterocycles. The van der Waals surface area contributed by atoms with Crippen LogP contribution in [-0.2, 0) is 5.41 Å². The molecule has 4 heteroatoms. The number of carbonyl (C=O) groups excluding carboxylic acids is 1. The zero-order chi connectivity index (χ0) is 17.0. The summed E-state index contributed by atoms with van der Waals surface area (Å²) in [5, 5.41) is 0. The van der Waals surface area contributed by atoms with Crippen LogP contribution in [0.2, 0.25) is 0 Å². The van der Waals surface area contributed by atoms with E-state index in [1.54, 1.807) is 6.26 Å². The van der Waals surface area contributed by atoms with E-state index >= 15 is 0 Å². The van der Waals surface area contributed by atoms with Gasteiger partial charge in [-0.05, 0) is 50.3 Å². The minimum atomic E-state index is 0.0170. The third kappa shape index (κ3) is 2.20. The van der Waals surface area contributed by atoms with E-state index in [0.29, 0.717) is 5.92 Å². The largest absolute Gasteiger partial charge is 0.468 e. The molecule has 0 atom stereocenters. The Morgan fingerprint density at radius 3 is 2.72 bits per heavy atom. The summed E-state index contributed by atoms with van der Waals surface area (Å²) in [6, 6.07) is 10.3. The van der Waals surface area contributed by atoms with Crippen LogP contribution in [0.25, 0.3) is 0 Å². The molecule has 1 aromatic heterocycles. The molecule has 5 rings (SSSR count). The number of rotatable bonds is 2. The molecule has 0 radical (unpaired) electrons. The van der Waals surface area contributed by atoms with Gasteiger partial charge in [0.05, 0.1) is 17.5 Å². The molecule has 3 aliphatic rings. The van der Waals surface area contributed by atoms with Crippen LogP contribution in [-0.4, -0.2) is 29.6 Å². The van der Waals surface area contributed by atoms with E-state index in [-0.39, 0.29) is 11.3 Å². The van der Waals surface area contributed by atoms with Crippen LogP contribution < -0.4 is 0 Å². The Morgan fingerprint density at radius 1 is 1.20 bits per heavy atom. The Balaban J connectivity index is 1.37. The van der Waals surface area contributed by atoms with Crippen LogP contribution in [0.3, 0.4) is 0 Å². The minimum Gasteiger partial charge on any atom is -0.468 e. The number of furan rings is 1. The molecular weight excluding hydrogens is 312 g/mol. The van der Waals surface area contributed by atoms with E-state index in [1.807, 2.05) is 17.0 Å². The first kappa shape index (κ1) is 14.9. The summed E-state index contributed by atoms with van der Waals surface area (Å²) < 4.78 is 5.59. The molecule has 0 N–H and O–H groups in total. The highest BCUT2D eigenvalue weighted by molar-refractivity contribution is 6.01. The Bertz CT molecular complexity index is 868. The first-order valence-corrected chi connectivity index (χ1v) is 9.21. The predicted octanol–water partition coefficient (Wildman–Crippen LogP) is 4.44. The standard InChI is InChI=1S/C21H22N2O2/c1-14-21(17-4-2-3-5-18(17)22-14)9-11-23(12-10-21)20(24)16-8-13-25-19(16)15-6-7-15/h2-5,8,13,15H,6-7,9-12H2,1H3. The zero-order valence-electron chi connectivity index (χ0n) is 14.5. The molecule has 1 amide bonds. The number of hydrogen-bond acceptors (Lipinski definition) is 3. The quantitative estimate of drug-likeness (QED) is 0.815. The first-order chi connectivity index (χ1) is 12.2. The van der Waals surface area contributed by atoms with Crippen molar-refractivity contribution >= 4 is 17.3 Å². The van der Waals surface area contributed by atoms with Gasteiger partial charge in [0.1, 0.15) is 5.76 Å². The van der Waals surface area contributed by atoms with Crippen molar-refractivity contribution in [3.05, 3.63) is 53.5 Å². The minimum absolute atomic E-state index is 0.0170. The fourth-order valence-corrected chi connectivity index (χ4v) is 4.51. The maximum Gasteiger partial charge on any atom is 0.257 e. The molecule has 1 spiro atoms. The number of aliphatic imine (C=N–C) groups is 1. The summed E-state index contributed by atoms with van der Waals surface area (Å²) in [7, 11) is 0. The molecular formula is C21H22N2O2. The van der Waals surface area contributed by atoms with Crippen molar-refractivity contribution in [3.63, 3.8) is 0 Å². The van der Waals surface area contributed by atoms with Gasteiger partial charge >= 0.3 is 0 Å². The molecule has 4 nitrogen and oxygen atoms in total. The summed E-state index contributed by atoms with van der Waals surface area (Å²) in [5.41, 5.74) is 4.42. The Hall–Kier alpha value is -2.36. The fraction of sp³-hybridized carbons (Fsp3) is 0.429. The maximum atomic E-state index is 13.0. The van der Waals surface area contributed by atoms with Crippen molar-refractivity contribution in [2.45, 2.75) is 43.9 Å². The average Bonchev–Trinajstić information content (AvgIpc) is 3.31. The van der Waals surface area contributed by atoms with E-state index in [2.05, 4.69) is 25.1 Å². The number of carbonyl (C=O) groups is 1. The van der Waals surface area contributed by atoms with Gasteiger partial charge < -0.3 is 9.32 Å². The van der Waals surface area contributed by atoms with E-state index < -0.39 is 0 Å². The third-order valence-corrected chi connectivity index (χ3v) is 6.18. The van der Waals surface area contributed by atoms with Crippen molar-refractivity contribution in [2.75, 3.05) is 13.1 Å². The van der Waals surface area contributed by atoms with Gasteiger partial charge in [-0.2, -0.15) is 0 Å². The highest BCUT2D eigenvalue weighted by atomic mass is 16.3. The van der Waals surface area contributed by atoms with Gasteiger partial charge in [-0.25, -0.2) is 0 Å². The van der Waals surface area contributed by atoms with Crippen LogP contribution in [0.15, 0.2) is 46.0 Å². The lowest BCUT2D eigenvalue weighted by Gasteiger charge is -2.40. The van der Waals surface area contributed by atoms with Crippen LogP contribution in [0.5, 0.6) is 0 Å². The predicted molar refractivity (Wildman–Crippen MR) is 96.7 cm³/mol. The van der Waals surface area contributed by atoms with E-state index in [0.717, 1.165) is 55.8 Å². The van der Waals surface area contributed by atoms with Crippen molar-refractivity contribution in [1.82, 2.24) is 4.90 Å². The second-order valence-corrected chi connectivity index (χ2v) is 7.56. The third-order valence-electron chi connectivity index (χ3n) is 6.18. The average molecular weight is 334 g/mol. The molecule has 3 heterocycles. The number of likely N-dealkylation sites (tertiary alicyclic amines) is 1. The van der Waals surface area contributed by atoms with Gasteiger partial charge in [-0.1, -0.05) is 18.2 Å². The SMILES string of the molecule is CC1=Nc2ccccc2C12CCN(C(=O)c1ccoc1C1CC1)CC2.